The van der Waals surface area contributed by atoms with Crippen LogP contribution in [0.25, 0.3) is 0 Å². The van der Waals surface area contributed by atoms with Gasteiger partial charge in [-0.3, -0.25) is 4.79 Å². The third-order valence-corrected chi connectivity index (χ3v) is 3.86. The van der Waals surface area contributed by atoms with Gasteiger partial charge in [0.05, 0.1) is 12.2 Å². The van der Waals surface area contributed by atoms with Crippen molar-refractivity contribution in [2.75, 3.05) is 4.90 Å². The highest BCUT2D eigenvalue weighted by molar-refractivity contribution is 6.31. The second-order valence-corrected chi connectivity index (χ2v) is 6.14. The molecule has 0 spiro atoms. The van der Waals surface area contributed by atoms with E-state index < -0.39 is 5.60 Å². The number of halogens is 2. The van der Waals surface area contributed by atoms with E-state index in [1.165, 1.54) is 11.0 Å². The van der Waals surface area contributed by atoms with Crippen molar-refractivity contribution >= 4 is 23.2 Å². The summed E-state index contributed by atoms with van der Waals surface area (Å²) in [7, 11) is 0. The van der Waals surface area contributed by atoms with Crippen molar-refractivity contribution in [1.29, 1.82) is 0 Å². The summed E-state index contributed by atoms with van der Waals surface area (Å²) in [6.07, 6.45) is 0. The molecule has 0 aliphatic carbocycles. The van der Waals surface area contributed by atoms with Gasteiger partial charge in [0.1, 0.15) is 11.6 Å². The lowest BCUT2D eigenvalue weighted by Gasteiger charge is -2.39. The zero-order chi connectivity index (χ0) is 15.9. The average Bonchev–Trinajstić information content (AvgIpc) is 2.46. The topological polar surface area (TPSA) is 29.5 Å². The molecule has 3 nitrogen and oxygen atoms in total. The SMILES string of the molecule is CC1(C)Oc2ccc(Cl)cc2N(Cc2ccccc2F)C1=O. The standard InChI is InChI=1S/C17H15ClFNO2/c1-17(2)16(21)20(10-11-5-3-4-6-13(11)19)14-9-12(18)7-8-15(14)22-17/h3-9H,10H2,1-2H3. The molecule has 0 fully saturated rings. The molecule has 0 saturated carbocycles. The van der Waals surface area contributed by atoms with Gasteiger partial charge in [0, 0.05) is 10.6 Å². The van der Waals surface area contributed by atoms with Crippen LogP contribution in [0.5, 0.6) is 5.75 Å². The fourth-order valence-electron chi connectivity index (χ4n) is 2.49. The molecule has 0 unspecified atom stereocenters. The number of fused-ring (bicyclic) bond motifs is 1. The largest absolute Gasteiger partial charge is 0.476 e. The maximum absolute atomic E-state index is 13.9. The average molecular weight is 320 g/mol. The number of nitrogens with zero attached hydrogens (tertiary/aromatic N) is 1. The molecular weight excluding hydrogens is 305 g/mol. The van der Waals surface area contributed by atoms with Gasteiger partial charge in [-0.15, -0.1) is 0 Å². The summed E-state index contributed by atoms with van der Waals surface area (Å²) < 4.78 is 19.7. The van der Waals surface area contributed by atoms with Crippen LogP contribution in [0.3, 0.4) is 0 Å². The zero-order valence-electron chi connectivity index (χ0n) is 12.3. The van der Waals surface area contributed by atoms with E-state index in [1.807, 2.05) is 0 Å². The third-order valence-electron chi connectivity index (χ3n) is 3.62. The highest BCUT2D eigenvalue weighted by Gasteiger charge is 2.41. The number of rotatable bonds is 2. The fourth-order valence-corrected chi connectivity index (χ4v) is 2.66. The molecule has 1 heterocycles. The van der Waals surface area contributed by atoms with E-state index in [0.29, 0.717) is 22.0 Å². The van der Waals surface area contributed by atoms with Gasteiger partial charge >= 0.3 is 0 Å². The highest BCUT2D eigenvalue weighted by atomic mass is 35.5. The second kappa shape index (κ2) is 5.29. The molecule has 22 heavy (non-hydrogen) atoms. The molecule has 2 aromatic carbocycles. The van der Waals surface area contributed by atoms with E-state index in [4.69, 9.17) is 16.3 Å². The van der Waals surface area contributed by atoms with Crippen molar-refractivity contribution < 1.29 is 13.9 Å². The number of carbonyl (C=O) groups is 1. The lowest BCUT2D eigenvalue weighted by Crippen LogP contribution is -2.52. The molecule has 3 rings (SSSR count). The summed E-state index contributed by atoms with van der Waals surface area (Å²) in [5.41, 5.74) is -0.00826. The molecule has 1 aliphatic rings. The van der Waals surface area contributed by atoms with Crippen molar-refractivity contribution in [2.45, 2.75) is 26.0 Å². The molecule has 0 N–H and O–H groups in total. The molecule has 0 atom stereocenters. The first-order valence-corrected chi connectivity index (χ1v) is 7.30. The first kappa shape index (κ1) is 14.9. The van der Waals surface area contributed by atoms with Crippen LogP contribution in [0, 0.1) is 5.82 Å². The second-order valence-electron chi connectivity index (χ2n) is 5.71. The van der Waals surface area contributed by atoms with Crippen LogP contribution in [0.2, 0.25) is 5.02 Å². The molecule has 114 valence electrons. The molecule has 0 saturated heterocycles. The van der Waals surface area contributed by atoms with Crippen LogP contribution in [-0.4, -0.2) is 11.5 Å². The van der Waals surface area contributed by atoms with Crippen molar-refractivity contribution in [3.8, 4) is 5.75 Å². The quantitative estimate of drug-likeness (QED) is 0.831. The van der Waals surface area contributed by atoms with Crippen molar-refractivity contribution in [1.82, 2.24) is 0 Å². The Morgan fingerprint density at radius 3 is 2.68 bits per heavy atom. The van der Waals surface area contributed by atoms with E-state index in [1.54, 1.807) is 50.2 Å². The number of ether oxygens (including phenoxy) is 1. The molecule has 0 aromatic heterocycles. The maximum atomic E-state index is 13.9. The minimum atomic E-state index is -1.01. The van der Waals surface area contributed by atoms with E-state index in [9.17, 15) is 9.18 Å². The van der Waals surface area contributed by atoms with Crippen LogP contribution in [0.4, 0.5) is 10.1 Å². The van der Waals surface area contributed by atoms with Gasteiger partial charge in [-0.2, -0.15) is 0 Å². The monoisotopic (exact) mass is 319 g/mol. The maximum Gasteiger partial charge on any atom is 0.271 e. The minimum absolute atomic E-state index is 0.131. The fraction of sp³-hybridized carbons (Fsp3) is 0.235. The van der Waals surface area contributed by atoms with Gasteiger partial charge in [-0.1, -0.05) is 29.8 Å². The molecule has 2 aromatic rings. The van der Waals surface area contributed by atoms with Crippen molar-refractivity contribution in [3.63, 3.8) is 0 Å². The van der Waals surface area contributed by atoms with Gasteiger partial charge in [0.25, 0.3) is 5.91 Å². The van der Waals surface area contributed by atoms with Crippen LogP contribution >= 0.6 is 11.6 Å². The molecule has 1 aliphatic heterocycles. The van der Waals surface area contributed by atoms with E-state index in [-0.39, 0.29) is 18.3 Å². The van der Waals surface area contributed by atoms with Crippen molar-refractivity contribution in [3.05, 3.63) is 58.9 Å². The summed E-state index contributed by atoms with van der Waals surface area (Å²) in [5.74, 6) is -0.0148. The Kier molecular flexibility index (Phi) is 3.57. The molecule has 1 amide bonds. The number of hydrogen-bond acceptors (Lipinski definition) is 2. The Balaban J connectivity index is 2.07. The molecular formula is C17H15ClFNO2. The lowest BCUT2D eigenvalue weighted by molar-refractivity contribution is -0.132. The Hall–Kier alpha value is -2.07. The van der Waals surface area contributed by atoms with E-state index in [0.717, 1.165) is 0 Å². The predicted octanol–water partition coefficient (Wildman–Crippen LogP) is 4.18. The van der Waals surface area contributed by atoms with E-state index >= 15 is 0 Å². The first-order valence-electron chi connectivity index (χ1n) is 6.92. The molecule has 0 radical (unpaired) electrons. The Morgan fingerprint density at radius 2 is 1.95 bits per heavy atom. The number of carbonyl (C=O) groups excluding carboxylic acids is 1. The summed E-state index contributed by atoms with van der Waals surface area (Å²) in [6, 6.07) is 11.5. The smallest absolute Gasteiger partial charge is 0.271 e. The third kappa shape index (κ3) is 2.55. The van der Waals surface area contributed by atoms with E-state index in [2.05, 4.69) is 0 Å². The Labute approximate surface area is 133 Å². The zero-order valence-corrected chi connectivity index (χ0v) is 13.0. The van der Waals surface area contributed by atoms with Crippen molar-refractivity contribution in [2.24, 2.45) is 0 Å². The Bertz CT molecular complexity index is 745. The predicted molar refractivity (Wildman–Crippen MR) is 83.7 cm³/mol. The summed E-state index contributed by atoms with van der Waals surface area (Å²) in [4.78, 5) is 14.2. The number of benzene rings is 2. The van der Waals surface area contributed by atoms with Crippen LogP contribution < -0.4 is 9.64 Å². The van der Waals surface area contributed by atoms with Crippen LogP contribution in [0.1, 0.15) is 19.4 Å². The normalized spacial score (nSPS) is 16.2. The number of amides is 1. The van der Waals surface area contributed by atoms with Crippen LogP contribution in [-0.2, 0) is 11.3 Å². The van der Waals surface area contributed by atoms with Gasteiger partial charge in [-0.25, -0.2) is 4.39 Å². The lowest BCUT2D eigenvalue weighted by atomic mass is 10.0. The van der Waals surface area contributed by atoms with Crippen LogP contribution in [0.15, 0.2) is 42.5 Å². The summed E-state index contributed by atoms with van der Waals surface area (Å²) in [6.45, 7) is 3.52. The summed E-state index contributed by atoms with van der Waals surface area (Å²) >= 11 is 6.03. The molecule has 0 bridgehead atoms. The van der Waals surface area contributed by atoms with Gasteiger partial charge < -0.3 is 9.64 Å². The Morgan fingerprint density at radius 1 is 1.23 bits per heavy atom. The van der Waals surface area contributed by atoms with Gasteiger partial charge in [-0.05, 0) is 38.1 Å². The number of anilines is 1. The van der Waals surface area contributed by atoms with Gasteiger partial charge in [0.2, 0.25) is 0 Å². The first-order chi connectivity index (χ1) is 10.4. The molecule has 5 heteroatoms. The van der Waals surface area contributed by atoms with Gasteiger partial charge in [0.15, 0.2) is 5.60 Å². The highest BCUT2D eigenvalue weighted by Crippen LogP contribution is 2.40. The minimum Gasteiger partial charge on any atom is -0.476 e. The number of hydrogen-bond donors (Lipinski definition) is 0. The summed E-state index contributed by atoms with van der Waals surface area (Å²) in [5, 5.41) is 0.494.